The topological polar surface area (TPSA) is 101 Å². The fourth-order valence-electron chi connectivity index (χ4n) is 3.84. The van der Waals surface area contributed by atoms with Gasteiger partial charge in [0.25, 0.3) is 5.91 Å². The first-order valence-corrected chi connectivity index (χ1v) is 13.5. The third-order valence-electron chi connectivity index (χ3n) is 5.55. The zero-order valence-electron chi connectivity index (χ0n) is 18.1. The van der Waals surface area contributed by atoms with Gasteiger partial charge < -0.3 is 4.74 Å². The number of thiazole rings is 2. The van der Waals surface area contributed by atoms with Crippen molar-refractivity contribution in [2.75, 3.05) is 25.5 Å². The molecule has 0 radical (unpaired) electrons. The first kappa shape index (κ1) is 22.4. The summed E-state index contributed by atoms with van der Waals surface area (Å²) in [5.74, 6) is -0.351. The summed E-state index contributed by atoms with van der Waals surface area (Å²) in [5.41, 5.74) is 2.03. The van der Waals surface area contributed by atoms with Crippen LogP contribution in [0.4, 0.5) is 5.13 Å². The third kappa shape index (κ3) is 4.38. The quantitative estimate of drug-likeness (QED) is 0.423. The molecule has 1 aliphatic rings. The number of hydrogen-bond donors (Lipinski definition) is 1. The number of sulfonamides is 1. The van der Waals surface area contributed by atoms with Gasteiger partial charge >= 0.3 is 0 Å². The average molecular weight is 503 g/mol. The molecule has 5 rings (SSSR count). The van der Waals surface area contributed by atoms with Gasteiger partial charge in [-0.05, 0) is 56.2 Å². The zero-order chi connectivity index (χ0) is 23.2. The highest BCUT2D eigenvalue weighted by Crippen LogP contribution is 2.34. The van der Waals surface area contributed by atoms with Crippen LogP contribution in [0.2, 0.25) is 0 Å². The van der Waals surface area contributed by atoms with E-state index in [1.807, 2.05) is 19.1 Å². The van der Waals surface area contributed by atoms with Gasteiger partial charge in [0.2, 0.25) is 10.0 Å². The molecule has 0 saturated carbocycles. The monoisotopic (exact) mass is 502 g/mol. The van der Waals surface area contributed by atoms with Crippen molar-refractivity contribution in [3.63, 3.8) is 0 Å². The molecule has 0 aliphatic carbocycles. The van der Waals surface area contributed by atoms with Gasteiger partial charge in [0.05, 0.1) is 30.9 Å². The average Bonchev–Trinajstić information content (AvgIpc) is 3.52. The van der Waals surface area contributed by atoms with Crippen molar-refractivity contribution in [1.82, 2.24) is 14.3 Å². The second-order valence-corrected chi connectivity index (χ2v) is 12.2. The molecule has 8 nitrogen and oxygen atoms in total. The molecule has 0 spiro atoms. The number of benzene rings is 2. The molecule has 3 heterocycles. The lowest BCUT2D eigenvalue weighted by Crippen LogP contribution is -2.34. The second-order valence-electron chi connectivity index (χ2n) is 7.91. The van der Waals surface area contributed by atoms with E-state index in [1.165, 1.54) is 39.9 Å². The lowest BCUT2D eigenvalue weighted by Gasteiger charge is -2.20. The maximum Gasteiger partial charge on any atom is 0.257 e. The summed E-state index contributed by atoms with van der Waals surface area (Å²) in [4.78, 5) is 22.0. The Morgan fingerprint density at radius 3 is 2.70 bits per heavy atom. The molecule has 2 aromatic heterocycles. The smallest absolute Gasteiger partial charge is 0.257 e. The maximum atomic E-state index is 12.9. The van der Waals surface area contributed by atoms with Gasteiger partial charge in [0.1, 0.15) is 5.52 Å². The minimum Gasteiger partial charge on any atom is -0.377 e. The molecule has 11 heteroatoms. The Morgan fingerprint density at radius 1 is 1.18 bits per heavy atom. The number of nitrogens with zero attached hydrogens (tertiary/aromatic N) is 3. The van der Waals surface area contributed by atoms with E-state index in [0.29, 0.717) is 23.8 Å². The van der Waals surface area contributed by atoms with Crippen molar-refractivity contribution in [1.29, 1.82) is 0 Å². The summed E-state index contributed by atoms with van der Waals surface area (Å²) in [6, 6.07) is 9.85. The van der Waals surface area contributed by atoms with Crippen molar-refractivity contribution in [2.45, 2.75) is 30.8 Å². The predicted molar refractivity (Wildman–Crippen MR) is 131 cm³/mol. The van der Waals surface area contributed by atoms with Crippen LogP contribution in [0.1, 0.15) is 28.2 Å². The highest BCUT2D eigenvalue weighted by molar-refractivity contribution is 7.89. The number of carbonyl (C=O) groups excluding carboxylic acids is 1. The molecular weight excluding hydrogens is 480 g/mol. The van der Waals surface area contributed by atoms with E-state index < -0.39 is 10.0 Å². The molecular formula is C22H22N4O4S3. The number of fused-ring (bicyclic) bond motifs is 3. The summed E-state index contributed by atoms with van der Waals surface area (Å²) in [5, 5.41) is 4.27. The van der Waals surface area contributed by atoms with E-state index in [1.54, 1.807) is 18.4 Å². The van der Waals surface area contributed by atoms with Crippen LogP contribution >= 0.6 is 22.7 Å². The standard InChI is InChI=1S/C22H22N4O4S3/c1-13-23-19-18(31-13)10-9-17-20(19)32-22(24-17)25-21(27)14-5-7-16(8-6-14)33(28,29)26(2)12-15-4-3-11-30-15/h5-10,15H,3-4,11-12H2,1-2H3,(H,24,25,27). The Balaban J connectivity index is 1.31. The number of hydrogen-bond acceptors (Lipinski definition) is 8. The van der Waals surface area contributed by atoms with Crippen LogP contribution in [0.15, 0.2) is 41.3 Å². The van der Waals surface area contributed by atoms with Crippen LogP contribution in [-0.4, -0.2) is 54.9 Å². The molecule has 0 bridgehead atoms. The Bertz CT molecular complexity index is 1440. The summed E-state index contributed by atoms with van der Waals surface area (Å²) in [6.45, 7) is 2.95. The van der Waals surface area contributed by atoms with Crippen molar-refractivity contribution < 1.29 is 17.9 Å². The van der Waals surface area contributed by atoms with Gasteiger partial charge in [-0.25, -0.2) is 18.4 Å². The van der Waals surface area contributed by atoms with E-state index in [-0.39, 0.29) is 16.9 Å². The highest BCUT2D eigenvalue weighted by atomic mass is 32.2. The van der Waals surface area contributed by atoms with Crippen molar-refractivity contribution in [2.24, 2.45) is 0 Å². The van der Waals surface area contributed by atoms with Gasteiger partial charge in [-0.15, -0.1) is 11.3 Å². The van der Waals surface area contributed by atoms with E-state index in [0.717, 1.165) is 38.3 Å². The Labute approximate surface area is 199 Å². The molecule has 172 valence electrons. The van der Waals surface area contributed by atoms with Crippen LogP contribution in [0.5, 0.6) is 0 Å². The molecule has 2 aromatic carbocycles. The Kier molecular flexibility index (Phi) is 5.91. The SMILES string of the molecule is Cc1nc2c(ccc3nc(NC(=O)c4ccc(S(=O)(=O)N(C)CC5CCCO5)cc4)sc32)s1. The molecule has 1 atom stereocenters. The third-order valence-corrected chi connectivity index (χ3v) is 9.32. The number of likely N-dealkylation sites (N-methyl/N-ethyl adjacent to an activating group) is 1. The predicted octanol–water partition coefficient (Wildman–Crippen LogP) is 4.27. The molecule has 1 amide bonds. The van der Waals surface area contributed by atoms with E-state index in [4.69, 9.17) is 4.74 Å². The molecule has 1 N–H and O–H groups in total. The first-order valence-electron chi connectivity index (χ1n) is 10.5. The largest absolute Gasteiger partial charge is 0.377 e. The van der Waals surface area contributed by atoms with Crippen LogP contribution in [0.25, 0.3) is 20.4 Å². The maximum absolute atomic E-state index is 12.9. The van der Waals surface area contributed by atoms with Crippen molar-refractivity contribution in [3.8, 4) is 0 Å². The number of carbonyl (C=O) groups is 1. The molecule has 1 fully saturated rings. The van der Waals surface area contributed by atoms with Crippen molar-refractivity contribution >= 4 is 64.2 Å². The summed E-state index contributed by atoms with van der Waals surface area (Å²) in [7, 11) is -2.11. The van der Waals surface area contributed by atoms with Gasteiger partial charge in [-0.3, -0.25) is 10.1 Å². The van der Waals surface area contributed by atoms with Crippen molar-refractivity contribution in [3.05, 3.63) is 47.0 Å². The summed E-state index contributed by atoms with van der Waals surface area (Å²) < 4.78 is 34.6. The highest BCUT2D eigenvalue weighted by Gasteiger charge is 2.26. The number of aryl methyl sites for hydroxylation is 1. The summed E-state index contributed by atoms with van der Waals surface area (Å²) in [6.07, 6.45) is 1.74. The number of nitrogens with one attached hydrogen (secondary N) is 1. The lowest BCUT2D eigenvalue weighted by atomic mass is 10.2. The number of ether oxygens (including phenoxy) is 1. The van der Waals surface area contributed by atoms with E-state index in [9.17, 15) is 13.2 Å². The second kappa shape index (κ2) is 8.73. The van der Waals surface area contributed by atoms with E-state index >= 15 is 0 Å². The molecule has 33 heavy (non-hydrogen) atoms. The molecule has 1 aliphatic heterocycles. The minimum absolute atomic E-state index is 0.0712. The van der Waals surface area contributed by atoms with Gasteiger partial charge in [-0.2, -0.15) is 4.31 Å². The van der Waals surface area contributed by atoms with Crippen LogP contribution in [-0.2, 0) is 14.8 Å². The zero-order valence-corrected chi connectivity index (χ0v) is 20.5. The number of amides is 1. The van der Waals surface area contributed by atoms with Gasteiger partial charge in [0, 0.05) is 25.8 Å². The van der Waals surface area contributed by atoms with Crippen LogP contribution < -0.4 is 5.32 Å². The Hall–Kier alpha value is -2.44. The molecule has 4 aromatic rings. The summed E-state index contributed by atoms with van der Waals surface area (Å²) >= 11 is 3.00. The molecule has 1 unspecified atom stereocenters. The fraction of sp³-hybridized carbons (Fsp3) is 0.318. The first-order chi connectivity index (χ1) is 15.8. The minimum atomic E-state index is -3.66. The van der Waals surface area contributed by atoms with Gasteiger partial charge in [0.15, 0.2) is 5.13 Å². The van der Waals surface area contributed by atoms with Gasteiger partial charge in [-0.1, -0.05) is 11.3 Å². The number of aromatic nitrogens is 2. The lowest BCUT2D eigenvalue weighted by molar-refractivity contribution is 0.0979. The number of rotatable bonds is 6. The van der Waals surface area contributed by atoms with Crippen LogP contribution in [0.3, 0.4) is 0 Å². The molecule has 1 saturated heterocycles. The van der Waals surface area contributed by atoms with E-state index in [2.05, 4.69) is 15.3 Å². The normalized spacial score (nSPS) is 16.8. The fourth-order valence-corrected chi connectivity index (χ4v) is 6.90. The Morgan fingerprint density at radius 2 is 1.97 bits per heavy atom. The number of anilines is 1. The van der Waals surface area contributed by atoms with Crippen LogP contribution in [0, 0.1) is 6.92 Å².